The summed E-state index contributed by atoms with van der Waals surface area (Å²) in [6.07, 6.45) is 1.53. The number of rotatable bonds is 4. The van der Waals surface area contributed by atoms with Crippen LogP contribution in [0.15, 0.2) is 47.4 Å². The van der Waals surface area contributed by atoms with Crippen LogP contribution in [0.5, 0.6) is 5.75 Å². The van der Waals surface area contributed by atoms with Gasteiger partial charge in [0.05, 0.1) is 6.54 Å². The van der Waals surface area contributed by atoms with E-state index in [-0.39, 0.29) is 17.9 Å². The first-order valence-electron chi connectivity index (χ1n) is 5.50. The van der Waals surface area contributed by atoms with Crippen LogP contribution in [-0.4, -0.2) is 11.2 Å². The van der Waals surface area contributed by atoms with Crippen LogP contribution in [0.4, 0.5) is 10.1 Å². The molecule has 0 bridgehead atoms. The van der Waals surface area contributed by atoms with Crippen molar-refractivity contribution in [3.05, 3.63) is 58.8 Å². The third-order valence-electron chi connectivity index (χ3n) is 2.43. The summed E-state index contributed by atoms with van der Waals surface area (Å²) in [5, 5.41) is 0. The van der Waals surface area contributed by atoms with Crippen LogP contribution in [0.25, 0.3) is 0 Å². The van der Waals surface area contributed by atoms with E-state index in [1.807, 2.05) is 0 Å². The molecule has 0 saturated heterocycles. The highest BCUT2D eigenvalue weighted by Gasteiger charge is 2.02. The zero-order valence-electron chi connectivity index (χ0n) is 9.67. The van der Waals surface area contributed by atoms with Crippen LogP contribution in [0.3, 0.4) is 0 Å². The molecule has 0 spiro atoms. The van der Waals surface area contributed by atoms with E-state index in [2.05, 4.69) is 0 Å². The van der Waals surface area contributed by atoms with Crippen molar-refractivity contribution >= 4 is 5.69 Å². The quantitative estimate of drug-likeness (QED) is 0.895. The molecule has 2 rings (SSSR count). The van der Waals surface area contributed by atoms with Gasteiger partial charge in [0.15, 0.2) is 11.6 Å². The van der Waals surface area contributed by atoms with Gasteiger partial charge in [-0.15, -0.1) is 0 Å². The van der Waals surface area contributed by atoms with E-state index in [1.165, 1.54) is 35.0 Å². The standard InChI is InChI=1S/C13H13FN2O2/c14-11-3-1-2-4-12(11)18-8-7-16-9-10(15)5-6-13(16)17/h1-6,9H,7-8,15H2. The van der Waals surface area contributed by atoms with Crippen molar-refractivity contribution in [1.82, 2.24) is 4.57 Å². The van der Waals surface area contributed by atoms with Gasteiger partial charge < -0.3 is 15.0 Å². The Hall–Kier alpha value is -2.30. The first-order valence-corrected chi connectivity index (χ1v) is 5.50. The maximum atomic E-state index is 13.2. The summed E-state index contributed by atoms with van der Waals surface area (Å²) in [6, 6.07) is 9.06. The lowest BCUT2D eigenvalue weighted by molar-refractivity contribution is 0.283. The van der Waals surface area contributed by atoms with Crippen molar-refractivity contribution in [3.8, 4) is 5.75 Å². The number of aromatic nitrogens is 1. The van der Waals surface area contributed by atoms with Crippen LogP contribution in [0.2, 0.25) is 0 Å². The fourth-order valence-corrected chi connectivity index (χ4v) is 1.54. The van der Waals surface area contributed by atoms with Crippen LogP contribution < -0.4 is 16.0 Å². The van der Waals surface area contributed by atoms with Gasteiger partial charge in [-0.05, 0) is 18.2 Å². The summed E-state index contributed by atoms with van der Waals surface area (Å²) < 4.78 is 19.9. The Morgan fingerprint density at radius 1 is 1.22 bits per heavy atom. The number of pyridine rings is 1. The number of nitrogens with zero attached hydrogens (tertiary/aromatic N) is 1. The van der Waals surface area contributed by atoms with Crippen LogP contribution in [0.1, 0.15) is 0 Å². The normalized spacial score (nSPS) is 10.3. The van der Waals surface area contributed by atoms with E-state index >= 15 is 0 Å². The van der Waals surface area contributed by atoms with Gasteiger partial charge in [-0.3, -0.25) is 4.79 Å². The molecular formula is C13H13FN2O2. The van der Waals surface area contributed by atoms with Crippen molar-refractivity contribution in [2.45, 2.75) is 6.54 Å². The van der Waals surface area contributed by atoms with Gasteiger partial charge in [-0.25, -0.2) is 4.39 Å². The number of ether oxygens (including phenoxy) is 1. The largest absolute Gasteiger partial charge is 0.489 e. The van der Waals surface area contributed by atoms with E-state index in [4.69, 9.17) is 10.5 Å². The minimum Gasteiger partial charge on any atom is -0.489 e. The minimum absolute atomic E-state index is 0.165. The molecule has 2 N–H and O–H groups in total. The van der Waals surface area contributed by atoms with Crippen molar-refractivity contribution in [1.29, 1.82) is 0 Å². The Labute approximate surface area is 103 Å². The molecule has 1 aromatic heterocycles. The number of hydrogen-bond donors (Lipinski definition) is 1. The average Bonchev–Trinajstić information content (AvgIpc) is 2.36. The molecule has 18 heavy (non-hydrogen) atoms. The highest BCUT2D eigenvalue weighted by atomic mass is 19.1. The summed E-state index contributed by atoms with van der Waals surface area (Å²) >= 11 is 0. The summed E-state index contributed by atoms with van der Waals surface area (Å²) in [4.78, 5) is 11.5. The van der Waals surface area contributed by atoms with Crippen molar-refractivity contribution < 1.29 is 9.13 Å². The van der Waals surface area contributed by atoms with Gasteiger partial charge in [0, 0.05) is 18.0 Å². The Kier molecular flexibility index (Phi) is 3.62. The highest BCUT2D eigenvalue weighted by Crippen LogP contribution is 2.15. The fourth-order valence-electron chi connectivity index (χ4n) is 1.54. The molecule has 1 aromatic carbocycles. The summed E-state index contributed by atoms with van der Waals surface area (Å²) in [5.41, 5.74) is 5.91. The number of benzene rings is 1. The number of nitrogens with two attached hydrogens (primary N) is 1. The molecule has 0 fully saturated rings. The van der Waals surface area contributed by atoms with E-state index in [9.17, 15) is 9.18 Å². The van der Waals surface area contributed by atoms with E-state index in [0.29, 0.717) is 12.2 Å². The maximum Gasteiger partial charge on any atom is 0.250 e. The molecule has 0 atom stereocenters. The first kappa shape index (κ1) is 12.2. The third-order valence-corrected chi connectivity index (χ3v) is 2.43. The zero-order valence-corrected chi connectivity index (χ0v) is 9.67. The molecule has 0 aliphatic heterocycles. The van der Waals surface area contributed by atoms with Crippen LogP contribution >= 0.6 is 0 Å². The predicted octanol–water partition coefficient (Wildman–Crippen LogP) is 1.65. The molecule has 1 heterocycles. The van der Waals surface area contributed by atoms with Gasteiger partial charge in [0.2, 0.25) is 0 Å². The summed E-state index contributed by atoms with van der Waals surface area (Å²) in [5.74, 6) is -0.244. The zero-order chi connectivity index (χ0) is 13.0. The number of nitrogen functional groups attached to an aromatic ring is 1. The molecule has 0 unspecified atom stereocenters. The Morgan fingerprint density at radius 2 is 2.00 bits per heavy atom. The maximum absolute atomic E-state index is 13.2. The molecule has 0 saturated carbocycles. The van der Waals surface area contributed by atoms with E-state index in [0.717, 1.165) is 0 Å². The lowest BCUT2D eigenvalue weighted by Crippen LogP contribution is -2.22. The Bertz CT molecular complexity index is 596. The molecule has 0 aliphatic carbocycles. The van der Waals surface area contributed by atoms with Crippen molar-refractivity contribution in [2.24, 2.45) is 0 Å². The third kappa shape index (κ3) is 2.88. The summed E-state index contributed by atoms with van der Waals surface area (Å²) in [6.45, 7) is 0.516. The first-order chi connectivity index (χ1) is 8.66. The Morgan fingerprint density at radius 3 is 2.78 bits per heavy atom. The SMILES string of the molecule is Nc1ccc(=O)n(CCOc2ccccc2F)c1. The lowest BCUT2D eigenvalue weighted by Gasteiger charge is -2.09. The summed E-state index contributed by atoms with van der Waals surface area (Å²) in [7, 11) is 0. The lowest BCUT2D eigenvalue weighted by atomic mass is 10.3. The molecule has 0 amide bonds. The molecule has 94 valence electrons. The van der Waals surface area contributed by atoms with Crippen LogP contribution in [0, 0.1) is 5.82 Å². The highest BCUT2D eigenvalue weighted by molar-refractivity contribution is 5.33. The van der Waals surface area contributed by atoms with Crippen LogP contribution in [-0.2, 0) is 6.54 Å². The van der Waals surface area contributed by atoms with E-state index in [1.54, 1.807) is 12.1 Å². The van der Waals surface area contributed by atoms with Gasteiger partial charge in [0.25, 0.3) is 5.56 Å². The number of halogens is 1. The smallest absolute Gasteiger partial charge is 0.250 e. The Balaban J connectivity index is 1.99. The molecule has 5 heteroatoms. The van der Waals surface area contributed by atoms with E-state index < -0.39 is 5.82 Å². The average molecular weight is 248 g/mol. The number of para-hydroxylation sites is 1. The topological polar surface area (TPSA) is 57.2 Å². The fraction of sp³-hybridized carbons (Fsp3) is 0.154. The second-order valence-corrected chi connectivity index (χ2v) is 3.77. The molecular weight excluding hydrogens is 235 g/mol. The van der Waals surface area contributed by atoms with Gasteiger partial charge in [-0.1, -0.05) is 12.1 Å². The van der Waals surface area contributed by atoms with Gasteiger partial charge in [0.1, 0.15) is 6.61 Å². The second kappa shape index (κ2) is 5.35. The molecule has 0 aliphatic rings. The monoisotopic (exact) mass is 248 g/mol. The van der Waals surface area contributed by atoms with Crippen molar-refractivity contribution in [3.63, 3.8) is 0 Å². The second-order valence-electron chi connectivity index (χ2n) is 3.77. The molecule has 2 aromatic rings. The van der Waals surface area contributed by atoms with Crippen molar-refractivity contribution in [2.75, 3.05) is 12.3 Å². The van der Waals surface area contributed by atoms with Gasteiger partial charge in [-0.2, -0.15) is 0 Å². The molecule has 0 radical (unpaired) electrons. The minimum atomic E-state index is -0.419. The number of anilines is 1. The number of hydrogen-bond acceptors (Lipinski definition) is 3. The predicted molar refractivity (Wildman–Crippen MR) is 67.0 cm³/mol. The van der Waals surface area contributed by atoms with Gasteiger partial charge >= 0.3 is 0 Å². The molecule has 4 nitrogen and oxygen atoms in total.